The monoisotopic (exact) mass is 266 g/mol. The van der Waals surface area contributed by atoms with Gasteiger partial charge in [0.2, 0.25) is 0 Å². The third-order valence-electron chi connectivity index (χ3n) is 4.52. The van der Waals surface area contributed by atoms with Gasteiger partial charge < -0.3 is 10.6 Å². The summed E-state index contributed by atoms with van der Waals surface area (Å²) < 4.78 is 27.2. The van der Waals surface area contributed by atoms with Crippen molar-refractivity contribution in [1.29, 1.82) is 0 Å². The van der Waals surface area contributed by atoms with Gasteiger partial charge in [-0.15, -0.1) is 0 Å². The van der Waals surface area contributed by atoms with Gasteiger partial charge in [-0.2, -0.15) is 0 Å². The molecule has 0 amide bonds. The van der Waals surface area contributed by atoms with Crippen LogP contribution < -0.4 is 10.6 Å². The second kappa shape index (κ2) is 4.75. The average molecular weight is 266 g/mol. The predicted octanol–water partition coefficient (Wildman–Crippen LogP) is 3.29. The highest BCUT2D eigenvalue weighted by molar-refractivity contribution is 5.58. The van der Waals surface area contributed by atoms with Crippen LogP contribution in [0.25, 0.3) is 0 Å². The van der Waals surface area contributed by atoms with E-state index < -0.39 is 17.2 Å². The summed E-state index contributed by atoms with van der Waals surface area (Å²) in [7, 11) is 0. The zero-order chi connectivity index (χ0) is 13.5. The standard InChI is InChI=1S/C15H20F2N2/c16-12-9-11(15(18)5-1-2-6-15)14(10-13(12)17)19-7-3-4-8-19/h9-10H,1-8,18H2. The van der Waals surface area contributed by atoms with Crippen molar-refractivity contribution in [3.05, 3.63) is 29.3 Å². The first-order valence-electron chi connectivity index (χ1n) is 7.13. The van der Waals surface area contributed by atoms with Gasteiger partial charge in [0.25, 0.3) is 0 Å². The van der Waals surface area contributed by atoms with Crippen molar-refractivity contribution < 1.29 is 8.78 Å². The summed E-state index contributed by atoms with van der Waals surface area (Å²) in [4.78, 5) is 2.14. The van der Waals surface area contributed by atoms with Crippen molar-refractivity contribution in [2.75, 3.05) is 18.0 Å². The third kappa shape index (κ3) is 2.22. The Morgan fingerprint density at radius 3 is 2.16 bits per heavy atom. The van der Waals surface area contributed by atoms with E-state index in [4.69, 9.17) is 5.73 Å². The second-order valence-electron chi connectivity index (χ2n) is 5.84. The number of rotatable bonds is 2. The molecule has 2 N–H and O–H groups in total. The molecule has 104 valence electrons. The first-order valence-corrected chi connectivity index (χ1v) is 7.13. The van der Waals surface area contributed by atoms with Crippen LogP contribution >= 0.6 is 0 Å². The molecule has 0 spiro atoms. The fourth-order valence-corrected chi connectivity index (χ4v) is 3.43. The highest BCUT2D eigenvalue weighted by atomic mass is 19.2. The molecule has 2 nitrogen and oxygen atoms in total. The largest absolute Gasteiger partial charge is 0.371 e. The van der Waals surface area contributed by atoms with Gasteiger partial charge in [-0.25, -0.2) is 8.78 Å². The Kier molecular flexibility index (Phi) is 3.21. The summed E-state index contributed by atoms with van der Waals surface area (Å²) in [5, 5.41) is 0. The number of hydrogen-bond donors (Lipinski definition) is 1. The molecule has 0 atom stereocenters. The van der Waals surface area contributed by atoms with Crippen LogP contribution in [0.1, 0.15) is 44.1 Å². The van der Waals surface area contributed by atoms with E-state index in [-0.39, 0.29) is 0 Å². The van der Waals surface area contributed by atoms with Crippen LogP contribution in [0.5, 0.6) is 0 Å². The Morgan fingerprint density at radius 2 is 1.53 bits per heavy atom. The Hall–Kier alpha value is -1.16. The van der Waals surface area contributed by atoms with E-state index in [1.807, 2.05) is 0 Å². The Labute approximate surface area is 112 Å². The number of anilines is 1. The molecule has 1 aliphatic heterocycles. The van der Waals surface area contributed by atoms with Crippen molar-refractivity contribution >= 4 is 5.69 Å². The van der Waals surface area contributed by atoms with Crippen LogP contribution in [-0.4, -0.2) is 13.1 Å². The van der Waals surface area contributed by atoms with E-state index in [0.29, 0.717) is 0 Å². The number of hydrogen-bond acceptors (Lipinski definition) is 2. The lowest BCUT2D eigenvalue weighted by Crippen LogP contribution is -2.36. The van der Waals surface area contributed by atoms with Gasteiger partial charge in [0, 0.05) is 30.4 Å². The highest BCUT2D eigenvalue weighted by Gasteiger charge is 2.35. The first-order chi connectivity index (χ1) is 9.10. The summed E-state index contributed by atoms with van der Waals surface area (Å²) in [6, 6.07) is 2.66. The van der Waals surface area contributed by atoms with Crippen LogP contribution in [0.3, 0.4) is 0 Å². The molecular weight excluding hydrogens is 246 g/mol. The van der Waals surface area contributed by atoms with Crippen molar-refractivity contribution in [3.8, 4) is 0 Å². The number of benzene rings is 1. The molecule has 2 aliphatic rings. The molecule has 0 aromatic heterocycles. The molecular formula is C15H20F2N2. The molecule has 1 aromatic rings. The molecule has 4 heteroatoms. The van der Waals surface area contributed by atoms with Crippen molar-refractivity contribution in [3.63, 3.8) is 0 Å². The van der Waals surface area contributed by atoms with E-state index in [0.717, 1.165) is 62.9 Å². The van der Waals surface area contributed by atoms with E-state index >= 15 is 0 Å². The number of nitrogens with zero attached hydrogens (tertiary/aromatic N) is 1. The molecule has 1 saturated carbocycles. The summed E-state index contributed by atoms with van der Waals surface area (Å²) in [5.41, 5.74) is 7.58. The maximum atomic E-state index is 13.6. The fourth-order valence-electron chi connectivity index (χ4n) is 3.43. The molecule has 0 radical (unpaired) electrons. The first kappa shape index (κ1) is 12.9. The normalized spacial score (nSPS) is 22.2. The summed E-state index contributed by atoms with van der Waals surface area (Å²) in [5.74, 6) is -1.55. The summed E-state index contributed by atoms with van der Waals surface area (Å²) in [6.07, 6.45) is 6.06. The predicted molar refractivity (Wildman–Crippen MR) is 72.1 cm³/mol. The molecule has 1 heterocycles. The lowest BCUT2D eigenvalue weighted by Gasteiger charge is -2.31. The maximum absolute atomic E-state index is 13.6. The molecule has 19 heavy (non-hydrogen) atoms. The summed E-state index contributed by atoms with van der Waals surface area (Å²) in [6.45, 7) is 1.82. The van der Waals surface area contributed by atoms with Gasteiger partial charge >= 0.3 is 0 Å². The lowest BCUT2D eigenvalue weighted by atomic mass is 9.87. The van der Waals surface area contributed by atoms with Crippen molar-refractivity contribution in [2.45, 2.75) is 44.1 Å². The molecule has 3 rings (SSSR count). The molecule has 1 aliphatic carbocycles. The molecule has 1 aromatic carbocycles. The third-order valence-corrected chi connectivity index (χ3v) is 4.52. The van der Waals surface area contributed by atoms with Crippen LogP contribution in [0.15, 0.2) is 12.1 Å². The Balaban J connectivity index is 2.07. The zero-order valence-corrected chi connectivity index (χ0v) is 11.1. The summed E-state index contributed by atoms with van der Waals surface area (Å²) >= 11 is 0. The molecule has 2 fully saturated rings. The Bertz CT molecular complexity index is 475. The zero-order valence-electron chi connectivity index (χ0n) is 11.1. The SMILES string of the molecule is NC1(c2cc(F)c(F)cc2N2CCCC2)CCCC1. The highest BCUT2D eigenvalue weighted by Crippen LogP contribution is 2.42. The Morgan fingerprint density at radius 1 is 0.947 bits per heavy atom. The van der Waals surface area contributed by atoms with Gasteiger partial charge in [-0.1, -0.05) is 12.8 Å². The van der Waals surface area contributed by atoms with E-state index in [9.17, 15) is 8.78 Å². The van der Waals surface area contributed by atoms with E-state index in [1.54, 1.807) is 0 Å². The van der Waals surface area contributed by atoms with Crippen LogP contribution in [-0.2, 0) is 5.54 Å². The van der Waals surface area contributed by atoms with E-state index in [2.05, 4.69) is 4.90 Å². The van der Waals surface area contributed by atoms with E-state index in [1.165, 1.54) is 12.1 Å². The van der Waals surface area contributed by atoms with Crippen LogP contribution in [0.4, 0.5) is 14.5 Å². The second-order valence-corrected chi connectivity index (χ2v) is 5.84. The number of halogens is 2. The number of nitrogens with two attached hydrogens (primary N) is 1. The molecule has 1 saturated heterocycles. The van der Waals surface area contributed by atoms with Crippen molar-refractivity contribution in [1.82, 2.24) is 0 Å². The molecule has 0 bridgehead atoms. The minimum absolute atomic E-state index is 0.480. The van der Waals surface area contributed by atoms with Gasteiger partial charge in [0.15, 0.2) is 11.6 Å². The molecule has 0 unspecified atom stereocenters. The van der Waals surface area contributed by atoms with Crippen LogP contribution in [0.2, 0.25) is 0 Å². The fraction of sp³-hybridized carbons (Fsp3) is 0.600. The topological polar surface area (TPSA) is 29.3 Å². The van der Waals surface area contributed by atoms with Gasteiger partial charge in [-0.05, 0) is 37.3 Å². The quantitative estimate of drug-likeness (QED) is 0.890. The average Bonchev–Trinajstić information content (AvgIpc) is 3.03. The van der Waals surface area contributed by atoms with Gasteiger partial charge in [-0.3, -0.25) is 0 Å². The van der Waals surface area contributed by atoms with Gasteiger partial charge in [0.1, 0.15) is 0 Å². The minimum atomic E-state index is -0.783. The minimum Gasteiger partial charge on any atom is -0.371 e. The maximum Gasteiger partial charge on any atom is 0.160 e. The lowest BCUT2D eigenvalue weighted by molar-refractivity contribution is 0.449. The van der Waals surface area contributed by atoms with Crippen LogP contribution in [0, 0.1) is 11.6 Å². The van der Waals surface area contributed by atoms with Gasteiger partial charge in [0.05, 0.1) is 0 Å². The van der Waals surface area contributed by atoms with Crippen molar-refractivity contribution in [2.24, 2.45) is 5.73 Å². The smallest absolute Gasteiger partial charge is 0.160 e.